The second-order valence-corrected chi connectivity index (χ2v) is 13.8. The lowest BCUT2D eigenvalue weighted by molar-refractivity contribution is -0.115. The van der Waals surface area contributed by atoms with Crippen LogP contribution in [0.25, 0.3) is 6.08 Å². The van der Waals surface area contributed by atoms with Crippen LogP contribution >= 0.6 is 23.1 Å². The van der Waals surface area contributed by atoms with E-state index in [2.05, 4.69) is 16.0 Å². The number of aryl methyl sites for hydroxylation is 2. The van der Waals surface area contributed by atoms with Crippen molar-refractivity contribution in [1.29, 1.82) is 0 Å². The summed E-state index contributed by atoms with van der Waals surface area (Å²) in [6, 6.07) is 23.5. The Labute approximate surface area is 283 Å². The largest absolute Gasteiger partial charge is 0.465 e. The fourth-order valence-electron chi connectivity index (χ4n) is 5.33. The summed E-state index contributed by atoms with van der Waals surface area (Å²) in [6.07, 6.45) is 6.50. The van der Waals surface area contributed by atoms with E-state index in [1.165, 1.54) is 30.2 Å². The van der Waals surface area contributed by atoms with E-state index in [1.54, 1.807) is 55.5 Å². The molecule has 4 aromatic rings. The third-order valence-corrected chi connectivity index (χ3v) is 10.0. The van der Waals surface area contributed by atoms with Gasteiger partial charge in [0, 0.05) is 21.0 Å². The molecule has 1 atom stereocenters. The Bertz CT molecular complexity index is 1820. The fraction of sp³-hybridized carbons (Fsp3) is 0.243. The molecule has 242 valence electrons. The van der Waals surface area contributed by atoms with Gasteiger partial charge in [0.25, 0.3) is 11.8 Å². The quantitative estimate of drug-likeness (QED) is 0.0694. The van der Waals surface area contributed by atoms with Crippen LogP contribution in [0.2, 0.25) is 0 Å². The van der Waals surface area contributed by atoms with E-state index >= 15 is 0 Å². The number of amides is 3. The Morgan fingerprint density at radius 3 is 2.43 bits per heavy atom. The summed E-state index contributed by atoms with van der Waals surface area (Å²) in [4.78, 5) is 54.5. The van der Waals surface area contributed by atoms with E-state index in [-0.39, 0.29) is 11.6 Å². The summed E-state index contributed by atoms with van der Waals surface area (Å²) in [6.45, 7) is 3.75. The molecule has 0 radical (unpaired) electrons. The minimum absolute atomic E-state index is 0.0889. The van der Waals surface area contributed by atoms with Gasteiger partial charge in [0.2, 0.25) is 5.91 Å². The van der Waals surface area contributed by atoms with Crippen LogP contribution in [0.3, 0.4) is 0 Å². The van der Waals surface area contributed by atoms with Crippen LogP contribution in [0.1, 0.15) is 68.5 Å². The van der Waals surface area contributed by atoms with Crippen molar-refractivity contribution in [3.63, 3.8) is 0 Å². The third kappa shape index (κ3) is 8.78. The lowest BCUT2D eigenvalue weighted by Gasteiger charge is -2.14. The molecule has 1 unspecified atom stereocenters. The van der Waals surface area contributed by atoms with Gasteiger partial charge in [-0.3, -0.25) is 14.4 Å². The predicted octanol–water partition coefficient (Wildman–Crippen LogP) is 7.64. The first-order valence-corrected chi connectivity index (χ1v) is 17.2. The SMILES string of the molecule is COC(=O)c1c(NC(=O)C(C)Sc2cccc(NC(=O)/C(=C\c3cccc(C)c3)NC(=O)c3ccccc3)c2)sc2c1CCCCC2. The van der Waals surface area contributed by atoms with Gasteiger partial charge in [-0.1, -0.05) is 60.5 Å². The molecule has 47 heavy (non-hydrogen) atoms. The van der Waals surface area contributed by atoms with Gasteiger partial charge in [-0.2, -0.15) is 0 Å². The van der Waals surface area contributed by atoms with E-state index in [1.807, 2.05) is 43.3 Å². The van der Waals surface area contributed by atoms with E-state index in [0.29, 0.717) is 21.8 Å². The minimum atomic E-state index is -0.504. The highest BCUT2D eigenvalue weighted by Gasteiger charge is 2.27. The van der Waals surface area contributed by atoms with Gasteiger partial charge in [-0.05, 0) is 87.1 Å². The number of hydrogen-bond donors (Lipinski definition) is 3. The Hall–Kier alpha value is -4.67. The van der Waals surface area contributed by atoms with Crippen molar-refractivity contribution in [3.05, 3.63) is 117 Å². The van der Waals surface area contributed by atoms with Gasteiger partial charge in [-0.15, -0.1) is 23.1 Å². The van der Waals surface area contributed by atoms with Crippen molar-refractivity contribution >= 4 is 63.6 Å². The van der Waals surface area contributed by atoms with Crippen molar-refractivity contribution in [2.24, 2.45) is 0 Å². The number of carbonyl (C=O) groups is 4. The molecule has 3 N–H and O–H groups in total. The molecule has 0 saturated heterocycles. The third-order valence-electron chi connectivity index (χ3n) is 7.70. The average molecular weight is 668 g/mol. The molecule has 3 aromatic carbocycles. The molecule has 8 nitrogen and oxygen atoms in total. The second-order valence-electron chi connectivity index (χ2n) is 11.3. The highest BCUT2D eigenvalue weighted by atomic mass is 32.2. The molecule has 0 bridgehead atoms. The van der Waals surface area contributed by atoms with Crippen LogP contribution in [0, 0.1) is 6.92 Å². The highest BCUT2D eigenvalue weighted by molar-refractivity contribution is 8.00. The zero-order valence-corrected chi connectivity index (χ0v) is 28.2. The predicted molar refractivity (Wildman–Crippen MR) is 189 cm³/mol. The summed E-state index contributed by atoms with van der Waals surface area (Å²) >= 11 is 2.79. The molecule has 1 heterocycles. The lowest BCUT2D eigenvalue weighted by atomic mass is 10.1. The van der Waals surface area contributed by atoms with Crippen LogP contribution < -0.4 is 16.0 Å². The van der Waals surface area contributed by atoms with Crippen molar-refractivity contribution in [2.75, 3.05) is 17.7 Å². The first-order valence-electron chi connectivity index (χ1n) is 15.5. The summed E-state index contributed by atoms with van der Waals surface area (Å²) in [5.74, 6) is -1.56. The number of anilines is 2. The van der Waals surface area contributed by atoms with E-state index in [9.17, 15) is 19.2 Å². The van der Waals surface area contributed by atoms with Crippen molar-refractivity contribution in [2.45, 2.75) is 56.1 Å². The normalized spacial score (nSPS) is 13.5. The molecule has 3 amide bonds. The fourth-order valence-corrected chi connectivity index (χ4v) is 7.54. The molecule has 0 aliphatic heterocycles. The van der Waals surface area contributed by atoms with E-state index < -0.39 is 23.0 Å². The van der Waals surface area contributed by atoms with Crippen LogP contribution in [0.4, 0.5) is 10.7 Å². The van der Waals surface area contributed by atoms with Crippen molar-refractivity contribution < 1.29 is 23.9 Å². The van der Waals surface area contributed by atoms with Gasteiger partial charge in [0.1, 0.15) is 10.7 Å². The van der Waals surface area contributed by atoms with Gasteiger partial charge < -0.3 is 20.7 Å². The maximum absolute atomic E-state index is 13.5. The first-order chi connectivity index (χ1) is 22.7. The van der Waals surface area contributed by atoms with Crippen LogP contribution in [0.5, 0.6) is 0 Å². The molecular formula is C37H37N3O5S2. The Balaban J connectivity index is 1.29. The molecule has 0 saturated carbocycles. The Morgan fingerprint density at radius 2 is 1.66 bits per heavy atom. The number of esters is 1. The summed E-state index contributed by atoms with van der Waals surface area (Å²) < 4.78 is 5.07. The molecule has 5 rings (SSSR count). The molecule has 10 heteroatoms. The molecule has 1 aliphatic carbocycles. The Kier molecular flexibility index (Phi) is 11.3. The maximum atomic E-state index is 13.5. The number of thiophene rings is 1. The van der Waals surface area contributed by atoms with Crippen molar-refractivity contribution in [3.8, 4) is 0 Å². The summed E-state index contributed by atoms with van der Waals surface area (Å²) in [5.41, 5.74) is 4.28. The monoisotopic (exact) mass is 667 g/mol. The number of thioether (sulfide) groups is 1. The standard InChI is InChI=1S/C37H37N3O5S2/c1-23-12-10-13-25(20-23)21-30(39-34(42)26-14-6-4-7-15-26)35(43)38-27-16-11-17-28(22-27)46-24(2)33(41)40-36-32(37(44)45-3)29-18-8-5-9-19-31(29)47-36/h4,6-7,10-17,20-22,24H,5,8-9,18-19H2,1-3H3,(H,38,43)(H,39,42)(H,40,41)/b30-21+. The maximum Gasteiger partial charge on any atom is 0.341 e. The summed E-state index contributed by atoms with van der Waals surface area (Å²) in [7, 11) is 1.36. The average Bonchev–Trinajstić information content (AvgIpc) is 3.23. The zero-order chi connectivity index (χ0) is 33.3. The number of fused-ring (bicyclic) bond motifs is 1. The number of nitrogens with one attached hydrogen (secondary N) is 3. The Morgan fingerprint density at radius 1 is 0.894 bits per heavy atom. The van der Waals surface area contributed by atoms with Crippen molar-refractivity contribution in [1.82, 2.24) is 5.32 Å². The van der Waals surface area contributed by atoms with Crippen LogP contribution in [-0.2, 0) is 27.2 Å². The van der Waals surface area contributed by atoms with E-state index in [0.717, 1.165) is 58.6 Å². The van der Waals surface area contributed by atoms with Gasteiger partial charge in [0.05, 0.1) is 17.9 Å². The number of carbonyl (C=O) groups excluding carboxylic acids is 4. The van der Waals surface area contributed by atoms with Crippen LogP contribution in [-0.4, -0.2) is 36.1 Å². The molecule has 0 spiro atoms. The van der Waals surface area contributed by atoms with Gasteiger partial charge >= 0.3 is 5.97 Å². The molecule has 1 aromatic heterocycles. The topological polar surface area (TPSA) is 114 Å². The lowest BCUT2D eigenvalue weighted by Crippen LogP contribution is -2.30. The highest BCUT2D eigenvalue weighted by Crippen LogP contribution is 2.38. The summed E-state index contributed by atoms with van der Waals surface area (Å²) in [5, 5.41) is 8.67. The van der Waals surface area contributed by atoms with Gasteiger partial charge in [0.15, 0.2) is 0 Å². The number of rotatable bonds is 10. The van der Waals surface area contributed by atoms with E-state index in [4.69, 9.17) is 4.74 Å². The number of benzene rings is 3. The number of ether oxygens (including phenoxy) is 1. The van der Waals surface area contributed by atoms with Crippen LogP contribution in [0.15, 0.2) is 89.5 Å². The number of methoxy groups -OCH3 is 1. The zero-order valence-electron chi connectivity index (χ0n) is 26.6. The first kappa shape index (κ1) is 33.7. The smallest absolute Gasteiger partial charge is 0.341 e. The molecule has 0 fully saturated rings. The molecule has 1 aliphatic rings. The van der Waals surface area contributed by atoms with Gasteiger partial charge in [-0.25, -0.2) is 4.79 Å². The second kappa shape index (κ2) is 15.8. The molecular weight excluding hydrogens is 631 g/mol. The minimum Gasteiger partial charge on any atom is -0.465 e. The number of hydrogen-bond acceptors (Lipinski definition) is 7.